The summed E-state index contributed by atoms with van der Waals surface area (Å²) in [5, 5.41) is 12.1. The monoisotopic (exact) mass is 508 g/mol. The Hall–Kier alpha value is -4.72. The number of carboxylic acids is 1. The summed E-state index contributed by atoms with van der Waals surface area (Å²) >= 11 is 0. The van der Waals surface area contributed by atoms with E-state index in [2.05, 4.69) is 5.32 Å². The lowest BCUT2D eigenvalue weighted by Gasteiger charge is -2.36. The summed E-state index contributed by atoms with van der Waals surface area (Å²) in [6.45, 7) is 1.39. The smallest absolute Gasteiger partial charge is 0.335 e. The molecule has 8 nitrogen and oxygen atoms in total. The average molecular weight is 509 g/mol. The van der Waals surface area contributed by atoms with Crippen molar-refractivity contribution in [1.82, 2.24) is 19.8 Å². The number of hydrogen-bond donors (Lipinski definition) is 2. The third-order valence-corrected chi connectivity index (χ3v) is 6.69. The Morgan fingerprint density at radius 2 is 1.61 bits per heavy atom. The van der Waals surface area contributed by atoms with E-state index in [1.807, 2.05) is 76.2 Å². The van der Waals surface area contributed by atoms with Crippen LogP contribution >= 0.6 is 0 Å². The lowest BCUT2D eigenvalue weighted by atomic mass is 10.0. The highest BCUT2D eigenvalue weighted by molar-refractivity contribution is 5.92. The van der Waals surface area contributed by atoms with E-state index >= 15 is 0 Å². The number of nitrogens with one attached hydrogen (secondary N) is 1. The number of imidazole rings is 1. The van der Waals surface area contributed by atoms with Crippen molar-refractivity contribution in [3.05, 3.63) is 125 Å². The number of carbonyl (C=O) groups excluding carboxylic acids is 2. The minimum absolute atomic E-state index is 0.00824. The van der Waals surface area contributed by atoms with E-state index < -0.39 is 12.0 Å². The van der Waals surface area contributed by atoms with Crippen molar-refractivity contribution < 1.29 is 19.5 Å². The van der Waals surface area contributed by atoms with Gasteiger partial charge in [0.25, 0.3) is 5.91 Å². The van der Waals surface area contributed by atoms with Crippen LogP contribution in [0, 0.1) is 0 Å². The van der Waals surface area contributed by atoms with Gasteiger partial charge in [0.1, 0.15) is 17.6 Å². The number of aromatic nitrogens is 2. The second-order valence-electron chi connectivity index (χ2n) is 9.25. The molecule has 5 rings (SSSR count). The Morgan fingerprint density at radius 3 is 2.34 bits per heavy atom. The molecule has 4 aromatic rings. The van der Waals surface area contributed by atoms with E-state index in [4.69, 9.17) is 4.98 Å². The molecule has 2 N–H and O–H groups in total. The zero-order chi connectivity index (χ0) is 26.5. The molecule has 0 saturated carbocycles. The largest absolute Gasteiger partial charge is 0.478 e. The highest BCUT2D eigenvalue weighted by Crippen LogP contribution is 2.32. The summed E-state index contributed by atoms with van der Waals surface area (Å²) in [6, 6.07) is 25.7. The Bertz CT molecular complexity index is 1450. The van der Waals surface area contributed by atoms with E-state index in [0.29, 0.717) is 38.3 Å². The zero-order valence-corrected chi connectivity index (χ0v) is 20.8. The first-order chi connectivity index (χ1) is 18.5. The number of carboxylic acid groups (broad SMARTS) is 1. The van der Waals surface area contributed by atoms with Crippen LogP contribution in [0.15, 0.2) is 91.1 Å². The Balaban J connectivity index is 1.33. The second kappa shape index (κ2) is 11.1. The zero-order valence-electron chi connectivity index (χ0n) is 20.8. The third kappa shape index (κ3) is 5.49. The minimum atomic E-state index is -0.983. The van der Waals surface area contributed by atoms with Crippen LogP contribution in [0.3, 0.4) is 0 Å². The molecule has 1 aromatic heterocycles. The number of amides is 2. The molecule has 2 heterocycles. The lowest BCUT2D eigenvalue weighted by molar-refractivity contribution is -0.133. The third-order valence-electron chi connectivity index (χ3n) is 6.69. The molecule has 1 aliphatic heterocycles. The molecule has 0 radical (unpaired) electrons. The average Bonchev–Trinajstić information content (AvgIpc) is 3.38. The molecule has 0 fully saturated rings. The van der Waals surface area contributed by atoms with Crippen LogP contribution in [-0.4, -0.2) is 50.4 Å². The summed E-state index contributed by atoms with van der Waals surface area (Å²) < 4.78 is 1.95. The number of benzene rings is 3. The Morgan fingerprint density at radius 1 is 0.895 bits per heavy atom. The van der Waals surface area contributed by atoms with Gasteiger partial charge in [0, 0.05) is 25.8 Å². The van der Waals surface area contributed by atoms with Gasteiger partial charge >= 0.3 is 5.97 Å². The molecule has 8 heteroatoms. The van der Waals surface area contributed by atoms with Gasteiger partial charge in [-0.1, -0.05) is 72.8 Å². The quantitative estimate of drug-likeness (QED) is 0.377. The van der Waals surface area contributed by atoms with Gasteiger partial charge < -0.3 is 19.9 Å². The molecule has 0 aliphatic carbocycles. The van der Waals surface area contributed by atoms with Crippen LogP contribution in [0.1, 0.15) is 49.4 Å². The summed E-state index contributed by atoms with van der Waals surface area (Å²) in [4.78, 5) is 44.1. The maximum atomic E-state index is 13.4. The predicted octanol–water partition coefficient (Wildman–Crippen LogP) is 3.73. The van der Waals surface area contributed by atoms with E-state index in [1.54, 1.807) is 18.3 Å². The Kier molecular flexibility index (Phi) is 7.31. The summed E-state index contributed by atoms with van der Waals surface area (Å²) in [5.74, 6) is -0.629. The highest BCUT2D eigenvalue weighted by atomic mass is 16.4. The minimum Gasteiger partial charge on any atom is -0.478 e. The number of nitrogens with zero attached hydrogens (tertiary/aromatic N) is 3. The van der Waals surface area contributed by atoms with E-state index in [0.717, 1.165) is 16.7 Å². The van der Waals surface area contributed by atoms with Gasteiger partial charge in [-0.3, -0.25) is 9.59 Å². The normalized spacial score (nSPS) is 14.5. The van der Waals surface area contributed by atoms with Crippen molar-refractivity contribution in [1.29, 1.82) is 0 Å². The maximum Gasteiger partial charge on any atom is 0.335 e. The fraction of sp³-hybridized carbons (Fsp3) is 0.200. The van der Waals surface area contributed by atoms with Crippen molar-refractivity contribution in [3.63, 3.8) is 0 Å². The number of rotatable bonds is 8. The SMILES string of the molecule is O=C(O)c1cccc(CCNC(=O)c2cn3c(n2)C(c2ccccc2)N(C(=O)Cc2ccccc2)CC3)c1. The number of carbonyl (C=O) groups is 3. The maximum absolute atomic E-state index is 13.4. The summed E-state index contributed by atoms with van der Waals surface area (Å²) in [5.41, 5.74) is 3.22. The standard InChI is InChI=1S/C30H28N4O4/c35-26(19-21-8-3-1-4-9-21)34-17-16-33-20-25(32-28(33)27(34)23-11-5-2-6-12-23)29(36)31-15-14-22-10-7-13-24(18-22)30(37)38/h1-13,18,20,27H,14-17,19H2,(H,31,36)(H,37,38). The van der Waals surface area contributed by atoms with Gasteiger partial charge in [0.05, 0.1) is 12.0 Å². The van der Waals surface area contributed by atoms with Crippen molar-refractivity contribution >= 4 is 17.8 Å². The van der Waals surface area contributed by atoms with Gasteiger partial charge in [-0.05, 0) is 35.2 Å². The van der Waals surface area contributed by atoms with Crippen molar-refractivity contribution in [2.24, 2.45) is 0 Å². The first kappa shape index (κ1) is 25.0. The fourth-order valence-electron chi connectivity index (χ4n) is 4.80. The van der Waals surface area contributed by atoms with Crippen LogP contribution in [0.5, 0.6) is 0 Å². The van der Waals surface area contributed by atoms with Crippen molar-refractivity contribution in [2.75, 3.05) is 13.1 Å². The van der Waals surface area contributed by atoms with Crippen LogP contribution in [0.2, 0.25) is 0 Å². The molecule has 38 heavy (non-hydrogen) atoms. The Labute approximate surface area is 220 Å². The molecule has 0 bridgehead atoms. The van der Waals surface area contributed by atoms with Gasteiger partial charge in [0.15, 0.2) is 0 Å². The van der Waals surface area contributed by atoms with E-state index in [9.17, 15) is 19.5 Å². The van der Waals surface area contributed by atoms with Crippen molar-refractivity contribution in [3.8, 4) is 0 Å². The van der Waals surface area contributed by atoms with Crippen LogP contribution in [-0.2, 0) is 24.2 Å². The van der Waals surface area contributed by atoms with E-state index in [-0.39, 0.29) is 23.1 Å². The molecule has 1 aliphatic rings. The molecule has 0 spiro atoms. The summed E-state index contributed by atoms with van der Waals surface area (Å²) in [7, 11) is 0. The van der Waals surface area contributed by atoms with Crippen LogP contribution < -0.4 is 5.32 Å². The molecule has 1 atom stereocenters. The molecular weight excluding hydrogens is 480 g/mol. The van der Waals surface area contributed by atoms with Gasteiger partial charge in [-0.2, -0.15) is 0 Å². The molecule has 1 unspecified atom stereocenters. The van der Waals surface area contributed by atoms with Crippen LogP contribution in [0.25, 0.3) is 0 Å². The topological polar surface area (TPSA) is 105 Å². The highest BCUT2D eigenvalue weighted by Gasteiger charge is 2.34. The fourth-order valence-corrected chi connectivity index (χ4v) is 4.80. The molecule has 2 amide bonds. The number of hydrogen-bond acceptors (Lipinski definition) is 4. The predicted molar refractivity (Wildman–Crippen MR) is 142 cm³/mol. The molecular formula is C30H28N4O4. The van der Waals surface area contributed by atoms with E-state index in [1.165, 1.54) is 6.07 Å². The first-order valence-corrected chi connectivity index (χ1v) is 12.6. The first-order valence-electron chi connectivity index (χ1n) is 12.6. The van der Waals surface area contributed by atoms with Gasteiger partial charge in [-0.25, -0.2) is 9.78 Å². The molecule has 192 valence electrons. The second-order valence-corrected chi connectivity index (χ2v) is 9.25. The molecule has 0 saturated heterocycles. The van der Waals surface area contributed by atoms with Gasteiger partial charge in [-0.15, -0.1) is 0 Å². The summed E-state index contributed by atoms with van der Waals surface area (Å²) in [6.07, 6.45) is 2.53. The van der Waals surface area contributed by atoms with Gasteiger partial charge in [0.2, 0.25) is 5.91 Å². The molecule has 3 aromatic carbocycles. The van der Waals surface area contributed by atoms with Crippen LogP contribution in [0.4, 0.5) is 0 Å². The lowest BCUT2D eigenvalue weighted by Crippen LogP contribution is -2.43. The number of aromatic carboxylic acids is 1. The number of fused-ring (bicyclic) bond motifs is 1. The van der Waals surface area contributed by atoms with Crippen molar-refractivity contribution in [2.45, 2.75) is 25.4 Å².